The van der Waals surface area contributed by atoms with Crippen LogP contribution in [0.5, 0.6) is 11.5 Å². The van der Waals surface area contributed by atoms with Crippen LogP contribution in [0.25, 0.3) is 0 Å². The van der Waals surface area contributed by atoms with Crippen LogP contribution in [-0.2, 0) is 8.94 Å². The molecular formula is C28H32Br4GeO2Te+. The first kappa shape index (κ1) is 37.9. The summed E-state index contributed by atoms with van der Waals surface area (Å²) < 4.78 is 15.8. The third-order valence-electron chi connectivity index (χ3n) is 4.69. The van der Waals surface area contributed by atoms with Gasteiger partial charge in [0.15, 0.2) is 0 Å². The minimum atomic E-state index is -0.108. The van der Waals surface area contributed by atoms with Crippen LogP contribution < -0.4 is 18.3 Å². The molecule has 0 aliphatic rings. The van der Waals surface area contributed by atoms with Crippen molar-refractivity contribution in [2.75, 3.05) is 14.2 Å². The molecule has 3 radical (unpaired) electrons. The van der Waals surface area contributed by atoms with Crippen LogP contribution in [0, 0.1) is 0 Å². The van der Waals surface area contributed by atoms with Gasteiger partial charge in [-0.2, -0.15) is 0 Å². The van der Waals surface area contributed by atoms with Crippen LogP contribution in [0.3, 0.4) is 0 Å². The molecule has 0 fully saturated rings. The molecule has 36 heavy (non-hydrogen) atoms. The predicted octanol–water partition coefficient (Wildman–Crippen LogP) is 6.76. The molecule has 4 aromatic carbocycles. The molecule has 4 aromatic rings. The Hall–Kier alpha value is -0.268. The van der Waals surface area contributed by atoms with Crippen molar-refractivity contribution in [3.8, 4) is 11.5 Å². The van der Waals surface area contributed by atoms with Gasteiger partial charge in [0.25, 0.3) is 0 Å². The first-order valence-electron chi connectivity index (χ1n) is 10.5. The molecular weight excluding hydrogens is 888 g/mol. The number of ether oxygens (including phenoxy) is 2. The van der Waals surface area contributed by atoms with Crippen molar-refractivity contribution in [1.29, 1.82) is 0 Å². The van der Waals surface area contributed by atoms with Gasteiger partial charge in [-0.1, -0.05) is 0 Å². The molecule has 0 saturated carbocycles. The van der Waals surface area contributed by atoms with E-state index in [1.807, 2.05) is 24.3 Å². The van der Waals surface area contributed by atoms with Gasteiger partial charge in [0, 0.05) is 0 Å². The van der Waals surface area contributed by atoms with Gasteiger partial charge in [-0.3, -0.25) is 0 Å². The zero-order valence-corrected chi connectivity index (χ0v) is 31.4. The molecule has 0 aliphatic heterocycles. The first-order chi connectivity index (χ1) is 15.8. The Kier molecular flexibility index (Phi) is 23.9. The fraction of sp³-hybridized carbons (Fsp3) is 0.143. The summed E-state index contributed by atoms with van der Waals surface area (Å²) in [5.41, 5.74) is 2.83. The van der Waals surface area contributed by atoms with E-state index in [2.05, 4.69) is 84.9 Å². The summed E-state index contributed by atoms with van der Waals surface area (Å²) in [4.78, 5) is 0. The summed E-state index contributed by atoms with van der Waals surface area (Å²) in [7, 11) is 3.40. The van der Waals surface area contributed by atoms with E-state index in [0.29, 0.717) is 0 Å². The second kappa shape index (κ2) is 22.7. The monoisotopic (exact) mass is 920 g/mol. The third-order valence-corrected chi connectivity index (χ3v) is 10.4. The fourth-order valence-electron chi connectivity index (χ4n) is 2.94. The Morgan fingerprint density at radius 1 is 0.500 bits per heavy atom. The molecule has 0 aromatic heterocycles. The quantitative estimate of drug-likeness (QED) is 0.182. The SMILES string of the molecule is Br.Br.Br.Br.COc1ccc(C[Te+]Cc2ccc(OC)cc2)cc1.c1cc[c]([Ge][c]2ccccc2)cc1. The molecule has 0 aliphatic carbocycles. The Bertz CT molecular complexity index is 954. The zero-order chi connectivity index (χ0) is 22.4. The molecule has 0 N–H and O–H groups in total. The van der Waals surface area contributed by atoms with E-state index >= 15 is 0 Å². The topological polar surface area (TPSA) is 18.5 Å². The van der Waals surface area contributed by atoms with E-state index in [4.69, 9.17) is 9.47 Å². The van der Waals surface area contributed by atoms with E-state index < -0.39 is 0 Å². The summed E-state index contributed by atoms with van der Waals surface area (Å²) in [6.07, 6.45) is 0. The van der Waals surface area contributed by atoms with Crippen LogP contribution in [0.2, 0.25) is 0 Å². The van der Waals surface area contributed by atoms with Gasteiger partial charge < -0.3 is 0 Å². The normalized spacial score (nSPS) is 8.94. The molecule has 8 heteroatoms. The molecule has 2 nitrogen and oxygen atoms in total. The Morgan fingerprint density at radius 3 is 1.14 bits per heavy atom. The van der Waals surface area contributed by atoms with Crippen molar-refractivity contribution in [2.24, 2.45) is 0 Å². The number of halogens is 4. The second-order valence-corrected chi connectivity index (χ2v) is 12.8. The number of rotatable bonds is 8. The van der Waals surface area contributed by atoms with E-state index in [9.17, 15) is 0 Å². The van der Waals surface area contributed by atoms with Crippen molar-refractivity contribution in [1.82, 2.24) is 0 Å². The maximum atomic E-state index is 5.16. The van der Waals surface area contributed by atoms with Gasteiger partial charge in [-0.15, -0.1) is 67.9 Å². The van der Waals surface area contributed by atoms with E-state index in [1.165, 1.54) is 28.9 Å². The summed E-state index contributed by atoms with van der Waals surface area (Å²) >= 11 is -0.131. The molecule has 0 spiro atoms. The maximum absolute atomic E-state index is 5.16. The van der Waals surface area contributed by atoms with Crippen LogP contribution in [0.1, 0.15) is 11.1 Å². The van der Waals surface area contributed by atoms with Crippen molar-refractivity contribution in [2.45, 2.75) is 8.94 Å². The first-order valence-corrected chi connectivity index (χ1v) is 15.9. The van der Waals surface area contributed by atoms with Gasteiger partial charge in [0.2, 0.25) is 0 Å². The Labute approximate surface area is 274 Å². The van der Waals surface area contributed by atoms with Crippen LogP contribution in [0.4, 0.5) is 0 Å². The van der Waals surface area contributed by atoms with Crippen LogP contribution in [0.15, 0.2) is 109 Å². The molecule has 0 heterocycles. The fourth-order valence-corrected chi connectivity index (χ4v) is 7.88. The summed E-state index contributed by atoms with van der Waals surface area (Å²) in [5.74, 6) is 1.86. The van der Waals surface area contributed by atoms with Crippen LogP contribution in [-0.4, -0.2) is 50.6 Å². The van der Waals surface area contributed by atoms with Gasteiger partial charge in [-0.25, -0.2) is 0 Å². The van der Waals surface area contributed by atoms with Crippen molar-refractivity contribution >= 4 is 113 Å². The van der Waals surface area contributed by atoms with Crippen molar-refractivity contribution < 1.29 is 9.47 Å². The second-order valence-electron chi connectivity index (χ2n) is 7.05. The average Bonchev–Trinajstić information content (AvgIpc) is 2.86. The molecule has 193 valence electrons. The summed E-state index contributed by atoms with van der Waals surface area (Å²) in [6, 6.07) is 38.3. The van der Waals surface area contributed by atoms with Gasteiger partial charge in [0.1, 0.15) is 0 Å². The van der Waals surface area contributed by atoms with E-state index in [-0.39, 0.29) is 104 Å². The van der Waals surface area contributed by atoms with E-state index in [0.717, 1.165) is 11.5 Å². The Balaban J connectivity index is 0. The number of methoxy groups -OCH3 is 2. The van der Waals surface area contributed by atoms with E-state index in [1.54, 1.807) is 14.2 Å². The predicted molar refractivity (Wildman–Crippen MR) is 178 cm³/mol. The molecule has 0 atom stereocenters. The Morgan fingerprint density at radius 2 is 0.833 bits per heavy atom. The van der Waals surface area contributed by atoms with Gasteiger partial charge >= 0.3 is 210 Å². The standard InChI is InChI=1S/C16H18O2Te.C12H10Ge.4BrH/c1-17-15-7-3-13(4-8-15)11-19-12-14-5-9-16(18-2)10-6-14;1-3-7-11(8-4-1)13-12-9-5-2-6-10-12;;;;/h3-10H,11-12H2,1-2H3;1-10H;4*1H/q+1;;;;;. The number of benzene rings is 4. The number of hydrogen-bond donors (Lipinski definition) is 0. The van der Waals surface area contributed by atoms with Gasteiger partial charge in [0.05, 0.1) is 0 Å². The minimum absolute atomic E-state index is 0. The summed E-state index contributed by atoms with van der Waals surface area (Å²) in [5, 5.41) is 0. The van der Waals surface area contributed by atoms with Crippen LogP contribution >= 0.6 is 67.9 Å². The van der Waals surface area contributed by atoms with Crippen molar-refractivity contribution in [3.63, 3.8) is 0 Å². The molecule has 0 bridgehead atoms. The zero-order valence-electron chi connectivity index (χ0n) is 20.2. The summed E-state index contributed by atoms with van der Waals surface area (Å²) in [6.45, 7) is 0. The molecule has 4 rings (SSSR count). The molecule has 0 unspecified atom stereocenters. The van der Waals surface area contributed by atoms with Gasteiger partial charge in [-0.05, 0) is 0 Å². The molecule has 0 amide bonds. The average molecular weight is 920 g/mol. The molecule has 0 saturated heterocycles. The van der Waals surface area contributed by atoms with Crippen molar-refractivity contribution in [3.05, 3.63) is 120 Å². The third kappa shape index (κ3) is 14.6. The number of hydrogen-bond acceptors (Lipinski definition) is 2.